The third kappa shape index (κ3) is 2.15. The normalized spacial score (nSPS) is 23.1. The van der Waals surface area contributed by atoms with Crippen molar-refractivity contribution in [3.05, 3.63) is 35.6 Å². The summed E-state index contributed by atoms with van der Waals surface area (Å²) in [7, 11) is 1.29. The van der Waals surface area contributed by atoms with Gasteiger partial charge in [-0.25, -0.2) is 4.39 Å². The lowest BCUT2D eigenvalue weighted by atomic mass is 9.79. The quantitative estimate of drug-likeness (QED) is 0.610. The van der Waals surface area contributed by atoms with Gasteiger partial charge in [-0.05, 0) is 37.0 Å². The Balaban J connectivity index is 2.28. The lowest BCUT2D eigenvalue weighted by Crippen LogP contribution is -2.38. The van der Waals surface area contributed by atoms with Crippen molar-refractivity contribution in [1.29, 1.82) is 0 Å². The summed E-state index contributed by atoms with van der Waals surface area (Å²) in [6.45, 7) is 0. The first-order valence-electron chi connectivity index (χ1n) is 5.95. The van der Waals surface area contributed by atoms with Crippen molar-refractivity contribution in [2.45, 2.75) is 25.7 Å². The summed E-state index contributed by atoms with van der Waals surface area (Å²) >= 11 is 0. The van der Waals surface area contributed by atoms with Crippen LogP contribution in [0.1, 0.15) is 24.8 Å². The van der Waals surface area contributed by atoms with Gasteiger partial charge in [0, 0.05) is 6.42 Å². The minimum absolute atomic E-state index is 0.0707. The Labute approximate surface area is 105 Å². The van der Waals surface area contributed by atoms with E-state index in [1.54, 1.807) is 12.1 Å². The minimum Gasteiger partial charge on any atom is -0.468 e. The highest BCUT2D eigenvalue weighted by atomic mass is 19.1. The van der Waals surface area contributed by atoms with Crippen molar-refractivity contribution in [3.63, 3.8) is 0 Å². The van der Waals surface area contributed by atoms with Crippen molar-refractivity contribution in [3.8, 4) is 0 Å². The number of carbonyl (C=O) groups excluding carboxylic acids is 2. The van der Waals surface area contributed by atoms with Gasteiger partial charge in [0.1, 0.15) is 11.2 Å². The maximum absolute atomic E-state index is 12.8. The van der Waals surface area contributed by atoms with Crippen LogP contribution in [0.4, 0.5) is 4.39 Å². The number of hydrogen-bond acceptors (Lipinski definition) is 3. The number of ether oxygens (including phenoxy) is 1. The third-order valence-electron chi connectivity index (χ3n) is 3.54. The Morgan fingerprint density at radius 3 is 2.56 bits per heavy atom. The Hall–Kier alpha value is -1.71. The molecule has 1 aromatic rings. The molecule has 1 fully saturated rings. The predicted molar refractivity (Wildman–Crippen MR) is 63.4 cm³/mol. The van der Waals surface area contributed by atoms with Gasteiger partial charge >= 0.3 is 5.97 Å². The van der Waals surface area contributed by atoms with Crippen molar-refractivity contribution in [1.82, 2.24) is 0 Å². The Morgan fingerprint density at radius 1 is 1.39 bits per heavy atom. The van der Waals surface area contributed by atoms with E-state index in [-0.39, 0.29) is 11.6 Å². The molecule has 1 unspecified atom stereocenters. The van der Waals surface area contributed by atoms with Crippen molar-refractivity contribution >= 4 is 11.8 Å². The van der Waals surface area contributed by atoms with Gasteiger partial charge < -0.3 is 4.74 Å². The highest BCUT2D eigenvalue weighted by Crippen LogP contribution is 2.39. The monoisotopic (exact) mass is 250 g/mol. The number of hydrogen-bond donors (Lipinski definition) is 0. The van der Waals surface area contributed by atoms with Crippen LogP contribution in [0.3, 0.4) is 0 Å². The molecule has 0 saturated heterocycles. The van der Waals surface area contributed by atoms with E-state index in [0.717, 1.165) is 5.56 Å². The Bertz CT molecular complexity index is 466. The van der Waals surface area contributed by atoms with E-state index in [0.29, 0.717) is 25.7 Å². The fourth-order valence-electron chi connectivity index (χ4n) is 2.55. The standard InChI is InChI=1S/C14H15FO3/c1-18-13(17)14(8-2-3-12(14)16)9-10-4-6-11(15)7-5-10/h4-7H,2-3,8-9H2,1H3. The molecule has 4 heteroatoms. The van der Waals surface area contributed by atoms with Crippen LogP contribution in [-0.2, 0) is 20.7 Å². The molecular weight excluding hydrogens is 235 g/mol. The fourth-order valence-corrected chi connectivity index (χ4v) is 2.55. The van der Waals surface area contributed by atoms with E-state index in [2.05, 4.69) is 0 Å². The summed E-state index contributed by atoms with van der Waals surface area (Å²) in [6.07, 6.45) is 1.92. The van der Waals surface area contributed by atoms with E-state index in [9.17, 15) is 14.0 Å². The molecule has 1 aliphatic rings. The first-order valence-corrected chi connectivity index (χ1v) is 5.95. The molecule has 0 bridgehead atoms. The van der Waals surface area contributed by atoms with Crippen LogP contribution >= 0.6 is 0 Å². The van der Waals surface area contributed by atoms with E-state index in [1.807, 2.05) is 0 Å². The highest BCUT2D eigenvalue weighted by molar-refractivity contribution is 6.05. The van der Waals surface area contributed by atoms with Gasteiger partial charge in [-0.2, -0.15) is 0 Å². The number of halogens is 1. The molecule has 0 aromatic heterocycles. The van der Waals surface area contributed by atoms with Gasteiger partial charge in [0.15, 0.2) is 5.78 Å². The molecule has 0 heterocycles. The first kappa shape index (κ1) is 12.7. The summed E-state index contributed by atoms with van der Waals surface area (Å²) in [4.78, 5) is 23.9. The number of benzene rings is 1. The molecule has 1 aliphatic carbocycles. The van der Waals surface area contributed by atoms with Gasteiger partial charge in [-0.3, -0.25) is 9.59 Å². The predicted octanol–water partition coefficient (Wildman–Crippen LogP) is 2.28. The molecule has 0 amide bonds. The van der Waals surface area contributed by atoms with Gasteiger partial charge in [0.25, 0.3) is 0 Å². The van der Waals surface area contributed by atoms with Crippen LogP contribution in [0.25, 0.3) is 0 Å². The second kappa shape index (κ2) is 4.88. The molecule has 0 spiro atoms. The summed E-state index contributed by atoms with van der Waals surface area (Å²) in [5.41, 5.74) is -0.288. The maximum Gasteiger partial charge on any atom is 0.319 e. The fraction of sp³-hybridized carbons (Fsp3) is 0.429. The van der Waals surface area contributed by atoms with Gasteiger partial charge in [0.2, 0.25) is 0 Å². The van der Waals surface area contributed by atoms with Crippen molar-refractivity contribution in [2.24, 2.45) is 5.41 Å². The molecule has 1 aromatic carbocycles. The number of esters is 1. The second-order valence-corrected chi connectivity index (χ2v) is 4.65. The van der Waals surface area contributed by atoms with Gasteiger partial charge in [-0.15, -0.1) is 0 Å². The van der Waals surface area contributed by atoms with Crippen LogP contribution in [0.5, 0.6) is 0 Å². The van der Waals surface area contributed by atoms with Crippen LogP contribution < -0.4 is 0 Å². The first-order chi connectivity index (χ1) is 8.58. The summed E-state index contributed by atoms with van der Waals surface area (Å²) in [5, 5.41) is 0. The molecule has 0 aliphatic heterocycles. The lowest BCUT2D eigenvalue weighted by Gasteiger charge is -2.24. The SMILES string of the molecule is COC(=O)C1(Cc2ccc(F)cc2)CCCC1=O. The Morgan fingerprint density at radius 2 is 2.06 bits per heavy atom. The number of ketones is 1. The molecule has 96 valence electrons. The highest BCUT2D eigenvalue weighted by Gasteiger charge is 2.49. The zero-order valence-electron chi connectivity index (χ0n) is 10.2. The zero-order valence-corrected chi connectivity index (χ0v) is 10.2. The molecule has 0 radical (unpaired) electrons. The average molecular weight is 250 g/mol. The molecule has 3 nitrogen and oxygen atoms in total. The van der Waals surface area contributed by atoms with Crippen LogP contribution in [0, 0.1) is 11.2 Å². The minimum atomic E-state index is -1.06. The van der Waals surface area contributed by atoms with E-state index in [4.69, 9.17) is 4.74 Å². The smallest absolute Gasteiger partial charge is 0.319 e. The third-order valence-corrected chi connectivity index (χ3v) is 3.54. The topological polar surface area (TPSA) is 43.4 Å². The lowest BCUT2D eigenvalue weighted by molar-refractivity contribution is -0.156. The summed E-state index contributed by atoms with van der Waals surface area (Å²) in [5.74, 6) is -0.878. The molecule has 18 heavy (non-hydrogen) atoms. The molecule has 1 saturated carbocycles. The van der Waals surface area contributed by atoms with E-state index in [1.165, 1.54) is 19.2 Å². The molecular formula is C14H15FO3. The van der Waals surface area contributed by atoms with Crippen LogP contribution in [-0.4, -0.2) is 18.9 Å². The maximum atomic E-state index is 12.8. The average Bonchev–Trinajstić information content (AvgIpc) is 2.74. The number of methoxy groups -OCH3 is 1. The van der Waals surface area contributed by atoms with Crippen molar-refractivity contribution < 1.29 is 18.7 Å². The summed E-state index contributed by atoms with van der Waals surface area (Å²) in [6, 6.07) is 5.87. The largest absolute Gasteiger partial charge is 0.468 e. The molecule has 2 rings (SSSR count). The molecule has 0 N–H and O–H groups in total. The van der Waals surface area contributed by atoms with E-state index >= 15 is 0 Å². The Kier molecular flexibility index (Phi) is 3.45. The van der Waals surface area contributed by atoms with Gasteiger partial charge in [-0.1, -0.05) is 12.1 Å². The number of carbonyl (C=O) groups is 2. The number of Topliss-reactive ketones (excluding diaryl/α,β-unsaturated/α-hetero) is 1. The second-order valence-electron chi connectivity index (χ2n) is 4.65. The van der Waals surface area contributed by atoms with Crippen LogP contribution in [0.2, 0.25) is 0 Å². The number of rotatable bonds is 3. The van der Waals surface area contributed by atoms with Gasteiger partial charge in [0.05, 0.1) is 7.11 Å². The summed E-state index contributed by atoms with van der Waals surface area (Å²) < 4.78 is 17.6. The van der Waals surface area contributed by atoms with Crippen molar-refractivity contribution in [2.75, 3.05) is 7.11 Å². The zero-order chi connectivity index (χ0) is 13.2. The van der Waals surface area contributed by atoms with Crippen LogP contribution in [0.15, 0.2) is 24.3 Å². The van der Waals surface area contributed by atoms with E-state index < -0.39 is 11.4 Å². The molecule has 1 atom stereocenters.